The maximum absolute atomic E-state index is 14.0. The molecule has 3 heterocycles. The molecule has 1 aromatic carbocycles. The second-order valence-electron chi connectivity index (χ2n) is 7.07. The van der Waals surface area contributed by atoms with Gasteiger partial charge < -0.3 is 20.1 Å². The Morgan fingerprint density at radius 2 is 2.15 bits per heavy atom. The van der Waals surface area contributed by atoms with Crippen LogP contribution in [0.2, 0.25) is 0 Å². The molecule has 1 saturated heterocycles. The average Bonchev–Trinajstić information content (AvgIpc) is 3.17. The van der Waals surface area contributed by atoms with Crippen LogP contribution >= 0.6 is 0 Å². The minimum absolute atomic E-state index is 0.00431. The zero-order valence-corrected chi connectivity index (χ0v) is 14.7. The number of carbonyl (C=O) groups is 1. The first-order chi connectivity index (χ1) is 12.8. The van der Waals surface area contributed by atoms with Crippen molar-refractivity contribution in [1.82, 2.24) is 14.5 Å². The standard InChI is InChI=1S/C18H20F2N4O3/c1-23-15-7-24(6-14(15)22-17(23)18(25)26)10-5-13(21)16(27-8-10)11-4-9(19)2-3-12(11)20/h2-4,10,13,16H,5-8,21H2,1H3,(H,25,26)/t10-,13+,16-/m1/s1. The van der Waals surface area contributed by atoms with Crippen molar-refractivity contribution < 1.29 is 23.4 Å². The van der Waals surface area contributed by atoms with E-state index in [0.29, 0.717) is 26.1 Å². The largest absolute Gasteiger partial charge is 0.475 e. The zero-order valence-electron chi connectivity index (χ0n) is 14.7. The van der Waals surface area contributed by atoms with E-state index in [9.17, 15) is 13.6 Å². The predicted molar refractivity (Wildman–Crippen MR) is 90.8 cm³/mol. The minimum Gasteiger partial charge on any atom is -0.475 e. The van der Waals surface area contributed by atoms with Crippen LogP contribution in [-0.4, -0.2) is 44.2 Å². The second-order valence-corrected chi connectivity index (χ2v) is 7.07. The van der Waals surface area contributed by atoms with Crippen molar-refractivity contribution in [1.29, 1.82) is 0 Å². The van der Waals surface area contributed by atoms with Crippen LogP contribution in [-0.2, 0) is 24.9 Å². The number of carboxylic acid groups (broad SMARTS) is 1. The summed E-state index contributed by atoms with van der Waals surface area (Å²) in [7, 11) is 1.69. The Morgan fingerprint density at radius 1 is 1.37 bits per heavy atom. The van der Waals surface area contributed by atoms with Gasteiger partial charge in [-0.1, -0.05) is 0 Å². The molecule has 3 atom stereocenters. The van der Waals surface area contributed by atoms with E-state index in [-0.39, 0.29) is 17.4 Å². The number of carboxylic acids is 1. The topological polar surface area (TPSA) is 93.6 Å². The van der Waals surface area contributed by atoms with E-state index >= 15 is 0 Å². The number of ether oxygens (including phenoxy) is 1. The lowest BCUT2D eigenvalue weighted by atomic mass is 9.93. The second kappa shape index (κ2) is 6.66. The number of nitrogens with zero attached hydrogens (tertiary/aromatic N) is 3. The zero-order chi connectivity index (χ0) is 19.3. The molecule has 1 fully saturated rings. The number of imidazole rings is 1. The number of fused-ring (bicyclic) bond motifs is 1. The highest BCUT2D eigenvalue weighted by molar-refractivity contribution is 5.83. The summed E-state index contributed by atoms with van der Waals surface area (Å²) < 4.78 is 34.9. The van der Waals surface area contributed by atoms with Crippen LogP contribution in [0.3, 0.4) is 0 Å². The molecular formula is C18H20F2N4O3. The number of aromatic carboxylic acids is 1. The molecule has 0 spiro atoms. The lowest BCUT2D eigenvalue weighted by Gasteiger charge is -2.38. The highest BCUT2D eigenvalue weighted by Crippen LogP contribution is 2.34. The molecule has 0 amide bonds. The van der Waals surface area contributed by atoms with Gasteiger partial charge in [-0.05, 0) is 24.6 Å². The van der Waals surface area contributed by atoms with Crippen molar-refractivity contribution >= 4 is 5.97 Å². The molecule has 2 aromatic rings. The number of aromatic nitrogens is 2. The molecule has 1 aromatic heterocycles. The van der Waals surface area contributed by atoms with Gasteiger partial charge in [-0.3, -0.25) is 4.90 Å². The molecule has 27 heavy (non-hydrogen) atoms. The van der Waals surface area contributed by atoms with Gasteiger partial charge in [0.05, 0.1) is 18.0 Å². The number of nitrogens with two attached hydrogens (primary N) is 1. The van der Waals surface area contributed by atoms with Crippen molar-refractivity contribution in [3.8, 4) is 0 Å². The molecule has 0 unspecified atom stereocenters. The maximum Gasteiger partial charge on any atom is 0.372 e. The molecule has 0 aliphatic carbocycles. The van der Waals surface area contributed by atoms with Gasteiger partial charge in [0.25, 0.3) is 0 Å². The normalized spacial score (nSPS) is 25.6. The molecule has 0 radical (unpaired) electrons. The van der Waals surface area contributed by atoms with Gasteiger partial charge in [0.15, 0.2) is 0 Å². The first-order valence-corrected chi connectivity index (χ1v) is 8.69. The predicted octanol–water partition coefficient (Wildman–Crippen LogP) is 1.57. The molecule has 3 N–H and O–H groups in total. The van der Waals surface area contributed by atoms with Crippen LogP contribution in [0.5, 0.6) is 0 Å². The Hall–Kier alpha value is -2.36. The van der Waals surface area contributed by atoms with E-state index in [1.807, 2.05) is 0 Å². The summed E-state index contributed by atoms with van der Waals surface area (Å²) in [5.41, 5.74) is 7.96. The number of halogens is 2. The van der Waals surface area contributed by atoms with Gasteiger partial charge in [0.1, 0.15) is 17.7 Å². The molecule has 0 saturated carbocycles. The average molecular weight is 378 g/mol. The summed E-state index contributed by atoms with van der Waals surface area (Å²) in [5.74, 6) is -2.09. The van der Waals surface area contributed by atoms with E-state index < -0.39 is 29.7 Å². The van der Waals surface area contributed by atoms with Gasteiger partial charge in [-0.2, -0.15) is 0 Å². The van der Waals surface area contributed by atoms with E-state index in [1.54, 1.807) is 11.6 Å². The molecule has 144 valence electrons. The molecule has 9 heteroatoms. The monoisotopic (exact) mass is 378 g/mol. The molecular weight excluding hydrogens is 358 g/mol. The Kier molecular flexibility index (Phi) is 4.45. The van der Waals surface area contributed by atoms with E-state index in [0.717, 1.165) is 29.6 Å². The van der Waals surface area contributed by atoms with Crippen molar-refractivity contribution in [2.45, 2.75) is 37.7 Å². The first-order valence-electron chi connectivity index (χ1n) is 8.69. The molecule has 0 bridgehead atoms. The van der Waals surface area contributed by atoms with Gasteiger partial charge >= 0.3 is 5.97 Å². The fourth-order valence-electron chi connectivity index (χ4n) is 3.95. The fourth-order valence-corrected chi connectivity index (χ4v) is 3.95. The Bertz CT molecular complexity index is 901. The van der Waals surface area contributed by atoms with E-state index in [4.69, 9.17) is 15.6 Å². The van der Waals surface area contributed by atoms with Gasteiger partial charge in [0, 0.05) is 37.8 Å². The summed E-state index contributed by atoms with van der Waals surface area (Å²) in [6, 6.07) is 2.79. The lowest BCUT2D eigenvalue weighted by molar-refractivity contribution is -0.0535. The van der Waals surface area contributed by atoms with Crippen LogP contribution in [0.4, 0.5) is 8.78 Å². The van der Waals surface area contributed by atoms with E-state index in [1.165, 1.54) is 0 Å². The molecule has 4 rings (SSSR count). The number of hydrogen-bond acceptors (Lipinski definition) is 5. The third kappa shape index (κ3) is 3.11. The third-order valence-electron chi connectivity index (χ3n) is 5.38. The van der Waals surface area contributed by atoms with Crippen LogP contribution in [0.25, 0.3) is 0 Å². The van der Waals surface area contributed by atoms with Crippen molar-refractivity contribution in [3.63, 3.8) is 0 Å². The summed E-state index contributed by atoms with van der Waals surface area (Å²) in [5, 5.41) is 9.16. The SMILES string of the molecule is Cn1c(C(=O)O)nc2c1CN([C@H]1CO[C@H](c3cc(F)ccc3F)[C@@H](N)C1)C2. The molecule has 7 nitrogen and oxygen atoms in total. The smallest absolute Gasteiger partial charge is 0.372 e. The third-order valence-corrected chi connectivity index (χ3v) is 5.38. The fraction of sp³-hybridized carbons (Fsp3) is 0.444. The van der Waals surface area contributed by atoms with Gasteiger partial charge in [-0.25, -0.2) is 18.6 Å². The quantitative estimate of drug-likeness (QED) is 0.842. The van der Waals surface area contributed by atoms with Crippen LogP contribution < -0.4 is 5.73 Å². The van der Waals surface area contributed by atoms with E-state index in [2.05, 4.69) is 9.88 Å². The first kappa shape index (κ1) is 18.0. The number of rotatable bonds is 3. The van der Waals surface area contributed by atoms with Crippen molar-refractivity contribution in [2.24, 2.45) is 12.8 Å². The Morgan fingerprint density at radius 3 is 2.81 bits per heavy atom. The van der Waals surface area contributed by atoms with Gasteiger partial charge in [0.2, 0.25) is 5.82 Å². The minimum atomic E-state index is -1.05. The summed E-state index contributed by atoms with van der Waals surface area (Å²) in [6.45, 7) is 1.39. The summed E-state index contributed by atoms with van der Waals surface area (Å²) in [6.07, 6.45) is -0.140. The molecule has 2 aliphatic rings. The number of hydrogen-bond donors (Lipinski definition) is 2. The molecule has 2 aliphatic heterocycles. The lowest BCUT2D eigenvalue weighted by Crippen LogP contribution is -2.48. The summed E-state index contributed by atoms with van der Waals surface area (Å²) in [4.78, 5) is 17.5. The highest BCUT2D eigenvalue weighted by Gasteiger charge is 2.38. The highest BCUT2D eigenvalue weighted by atomic mass is 19.1. The number of benzene rings is 1. The Balaban J connectivity index is 1.46. The van der Waals surface area contributed by atoms with Crippen LogP contribution in [0.15, 0.2) is 18.2 Å². The van der Waals surface area contributed by atoms with Crippen molar-refractivity contribution in [2.75, 3.05) is 6.61 Å². The Labute approximate surface area is 154 Å². The van der Waals surface area contributed by atoms with Gasteiger partial charge in [-0.15, -0.1) is 0 Å². The van der Waals surface area contributed by atoms with Crippen molar-refractivity contribution in [3.05, 3.63) is 52.6 Å². The maximum atomic E-state index is 14.0. The van der Waals surface area contributed by atoms with Crippen LogP contribution in [0.1, 0.15) is 40.1 Å². The summed E-state index contributed by atoms with van der Waals surface area (Å²) >= 11 is 0. The van der Waals surface area contributed by atoms with Crippen LogP contribution in [0, 0.1) is 11.6 Å².